The Morgan fingerprint density at radius 2 is 0.600 bits per heavy atom. The van der Waals surface area contributed by atoms with Crippen LogP contribution in [-0.2, 0) is 0 Å². The van der Waals surface area contributed by atoms with Crippen LogP contribution < -0.4 is 0 Å². The molecule has 2 heterocycles. The van der Waals surface area contributed by atoms with Crippen molar-refractivity contribution in [2.24, 2.45) is 0 Å². The third kappa shape index (κ3) is 4.82. The van der Waals surface area contributed by atoms with Gasteiger partial charge < -0.3 is 0 Å². The van der Waals surface area contributed by atoms with Gasteiger partial charge >= 0.3 is 0 Å². The molecule has 2 saturated heterocycles. The Hall–Kier alpha value is -3.20. The SMILES string of the molecule is c1ccc([C@@H]2[C@@H](c3ccccc3)N2CCCCCN2[C@H](c3ccccc3)[C@H]2c2ccccc2)cc1. The van der Waals surface area contributed by atoms with Gasteiger partial charge in [-0.1, -0.05) is 128 Å². The Balaban J connectivity index is 1.04. The molecule has 0 bridgehead atoms. The fraction of sp³-hybridized carbons (Fsp3) is 0.273. The van der Waals surface area contributed by atoms with Crippen LogP contribution in [-0.4, -0.2) is 22.9 Å². The number of unbranched alkanes of at least 4 members (excludes halogenated alkanes) is 2. The van der Waals surface area contributed by atoms with Crippen molar-refractivity contribution in [3.8, 4) is 0 Å². The molecule has 0 unspecified atom stereocenters. The van der Waals surface area contributed by atoms with Gasteiger partial charge in [0.2, 0.25) is 0 Å². The largest absolute Gasteiger partial charge is 0.285 e. The summed E-state index contributed by atoms with van der Waals surface area (Å²) in [6.07, 6.45) is 3.79. The van der Waals surface area contributed by atoms with E-state index in [1.807, 2.05) is 0 Å². The van der Waals surface area contributed by atoms with Crippen molar-refractivity contribution in [3.63, 3.8) is 0 Å². The first-order chi connectivity index (χ1) is 17.4. The minimum absolute atomic E-state index is 0.524. The minimum atomic E-state index is 0.524. The van der Waals surface area contributed by atoms with Crippen LogP contribution in [0.4, 0.5) is 0 Å². The predicted octanol–water partition coefficient (Wildman–Crippen LogP) is 7.75. The Morgan fingerprint density at radius 3 is 0.857 bits per heavy atom. The maximum absolute atomic E-state index is 2.68. The summed E-state index contributed by atoms with van der Waals surface area (Å²) in [4.78, 5) is 5.36. The molecule has 0 radical (unpaired) electrons. The molecular weight excluding hydrogens is 424 g/mol. The monoisotopic (exact) mass is 458 g/mol. The first kappa shape index (κ1) is 22.3. The van der Waals surface area contributed by atoms with E-state index < -0.39 is 0 Å². The third-order valence-corrected chi connectivity index (χ3v) is 7.74. The molecule has 0 aromatic heterocycles. The van der Waals surface area contributed by atoms with Gasteiger partial charge in [-0.25, -0.2) is 0 Å². The van der Waals surface area contributed by atoms with Gasteiger partial charge in [0.1, 0.15) is 0 Å². The van der Waals surface area contributed by atoms with Gasteiger partial charge in [0.15, 0.2) is 0 Å². The van der Waals surface area contributed by atoms with Crippen LogP contribution in [0, 0.1) is 0 Å². The topological polar surface area (TPSA) is 6.02 Å². The second-order valence-electron chi connectivity index (χ2n) is 9.96. The van der Waals surface area contributed by atoms with E-state index in [1.54, 1.807) is 0 Å². The van der Waals surface area contributed by atoms with Crippen molar-refractivity contribution in [3.05, 3.63) is 144 Å². The van der Waals surface area contributed by atoms with Crippen LogP contribution >= 0.6 is 0 Å². The second kappa shape index (κ2) is 10.2. The van der Waals surface area contributed by atoms with Gasteiger partial charge in [0.05, 0.1) is 24.2 Å². The summed E-state index contributed by atoms with van der Waals surface area (Å²) >= 11 is 0. The quantitative estimate of drug-likeness (QED) is 0.177. The molecule has 176 valence electrons. The molecule has 2 fully saturated rings. The number of benzene rings is 4. The predicted molar refractivity (Wildman–Crippen MR) is 144 cm³/mol. The van der Waals surface area contributed by atoms with Crippen LogP contribution in [0.15, 0.2) is 121 Å². The maximum Gasteiger partial charge on any atom is 0.0552 e. The van der Waals surface area contributed by atoms with Crippen LogP contribution in [0.2, 0.25) is 0 Å². The molecular formula is C33H34N2. The van der Waals surface area contributed by atoms with E-state index in [1.165, 1.54) is 54.6 Å². The van der Waals surface area contributed by atoms with Crippen LogP contribution in [0.25, 0.3) is 0 Å². The molecule has 0 saturated carbocycles. The molecule has 0 spiro atoms. The first-order valence-electron chi connectivity index (χ1n) is 13.1. The van der Waals surface area contributed by atoms with E-state index in [0.29, 0.717) is 24.2 Å². The fourth-order valence-electron chi connectivity index (χ4n) is 5.97. The molecule has 35 heavy (non-hydrogen) atoms. The summed E-state index contributed by atoms with van der Waals surface area (Å²) in [5, 5.41) is 0. The Bertz CT molecular complexity index is 1010. The van der Waals surface area contributed by atoms with E-state index in [2.05, 4.69) is 131 Å². The van der Waals surface area contributed by atoms with Gasteiger partial charge in [-0.2, -0.15) is 0 Å². The maximum atomic E-state index is 2.68. The molecule has 4 aromatic carbocycles. The lowest BCUT2D eigenvalue weighted by Crippen LogP contribution is -2.05. The molecule has 0 aliphatic carbocycles. The van der Waals surface area contributed by atoms with E-state index in [4.69, 9.17) is 0 Å². The highest BCUT2D eigenvalue weighted by molar-refractivity contribution is 5.36. The lowest BCUT2D eigenvalue weighted by Gasteiger charge is -2.07. The van der Waals surface area contributed by atoms with Crippen LogP contribution in [0.1, 0.15) is 65.7 Å². The highest BCUT2D eigenvalue weighted by Crippen LogP contribution is 2.55. The van der Waals surface area contributed by atoms with Crippen molar-refractivity contribution in [1.29, 1.82) is 0 Å². The van der Waals surface area contributed by atoms with Gasteiger partial charge in [-0.3, -0.25) is 9.80 Å². The zero-order chi connectivity index (χ0) is 23.5. The summed E-state index contributed by atoms with van der Waals surface area (Å²) in [5.74, 6) is 0. The van der Waals surface area contributed by atoms with Gasteiger partial charge in [0, 0.05) is 0 Å². The van der Waals surface area contributed by atoms with Crippen molar-refractivity contribution >= 4 is 0 Å². The zero-order valence-electron chi connectivity index (χ0n) is 20.3. The number of rotatable bonds is 10. The zero-order valence-corrected chi connectivity index (χ0v) is 20.3. The summed E-state index contributed by atoms with van der Waals surface area (Å²) in [6.45, 7) is 2.34. The molecule has 2 aliphatic rings. The first-order valence-corrected chi connectivity index (χ1v) is 13.1. The Morgan fingerprint density at radius 1 is 0.343 bits per heavy atom. The molecule has 2 nitrogen and oxygen atoms in total. The van der Waals surface area contributed by atoms with Crippen LogP contribution in [0.3, 0.4) is 0 Å². The van der Waals surface area contributed by atoms with Gasteiger partial charge in [-0.05, 0) is 48.2 Å². The molecule has 4 atom stereocenters. The number of hydrogen-bond acceptors (Lipinski definition) is 2. The second-order valence-corrected chi connectivity index (χ2v) is 9.96. The summed E-state index contributed by atoms with van der Waals surface area (Å²) in [5.41, 5.74) is 5.78. The minimum Gasteiger partial charge on any atom is -0.285 e. The lowest BCUT2D eigenvalue weighted by atomic mass is 10.0. The molecule has 0 N–H and O–H groups in total. The summed E-state index contributed by atoms with van der Waals surface area (Å²) in [7, 11) is 0. The summed E-state index contributed by atoms with van der Waals surface area (Å²) in [6, 6.07) is 46.2. The van der Waals surface area contributed by atoms with E-state index in [-0.39, 0.29) is 0 Å². The van der Waals surface area contributed by atoms with Crippen molar-refractivity contribution in [2.75, 3.05) is 13.1 Å². The normalized spacial score (nSPS) is 26.9. The Labute approximate surface area is 209 Å². The third-order valence-electron chi connectivity index (χ3n) is 7.74. The van der Waals surface area contributed by atoms with Crippen molar-refractivity contribution in [2.45, 2.75) is 43.4 Å². The van der Waals surface area contributed by atoms with Crippen molar-refractivity contribution < 1.29 is 0 Å². The smallest absolute Gasteiger partial charge is 0.0552 e. The van der Waals surface area contributed by atoms with Crippen molar-refractivity contribution in [1.82, 2.24) is 9.80 Å². The highest BCUT2D eigenvalue weighted by Gasteiger charge is 2.49. The average Bonchev–Trinajstić information content (AvgIpc) is 3.84. The lowest BCUT2D eigenvalue weighted by molar-refractivity contribution is 0.423. The average molecular weight is 459 g/mol. The molecule has 6 rings (SSSR count). The molecule has 0 amide bonds. The Kier molecular flexibility index (Phi) is 6.49. The standard InChI is InChI=1S/C33H34N2/c1-6-16-26(17-7-1)30-31(27-18-8-2-9-19-27)34(30)24-14-5-15-25-35-32(28-20-10-3-11-21-28)33(35)29-22-12-4-13-23-29/h1-4,6-13,16-23,30-33H,5,14-15,24-25H2/t30-,31-,32-,33-/m1/s1. The number of nitrogens with zero attached hydrogens (tertiary/aromatic N) is 2. The summed E-state index contributed by atoms with van der Waals surface area (Å²) < 4.78 is 0. The van der Waals surface area contributed by atoms with E-state index in [0.717, 1.165) is 0 Å². The molecule has 2 aliphatic heterocycles. The van der Waals surface area contributed by atoms with Gasteiger partial charge in [-0.15, -0.1) is 0 Å². The molecule has 2 heteroatoms. The van der Waals surface area contributed by atoms with Crippen LogP contribution in [0.5, 0.6) is 0 Å². The van der Waals surface area contributed by atoms with E-state index >= 15 is 0 Å². The van der Waals surface area contributed by atoms with Gasteiger partial charge in [0.25, 0.3) is 0 Å². The fourth-order valence-corrected chi connectivity index (χ4v) is 5.97. The molecule has 4 aromatic rings. The number of hydrogen-bond donors (Lipinski definition) is 0. The van der Waals surface area contributed by atoms with E-state index in [9.17, 15) is 0 Å². The highest BCUT2D eigenvalue weighted by atomic mass is 15.4.